The number of hydrogen-bond donors (Lipinski definition) is 1. The molecule has 0 spiro atoms. The van der Waals surface area contributed by atoms with Crippen LogP contribution < -0.4 is 10.2 Å². The van der Waals surface area contributed by atoms with Gasteiger partial charge in [0.15, 0.2) is 0 Å². The van der Waals surface area contributed by atoms with Crippen molar-refractivity contribution in [1.29, 1.82) is 0 Å². The fourth-order valence-corrected chi connectivity index (χ4v) is 3.78. The Morgan fingerprint density at radius 3 is 2.41 bits per heavy atom. The molecule has 4 rings (SSSR count). The van der Waals surface area contributed by atoms with E-state index in [9.17, 15) is 27.6 Å². The Morgan fingerprint density at radius 2 is 1.74 bits per heavy atom. The number of nitrogens with zero attached hydrogens (tertiary/aromatic N) is 1. The van der Waals surface area contributed by atoms with Crippen LogP contribution in [-0.4, -0.2) is 24.9 Å². The van der Waals surface area contributed by atoms with E-state index in [1.165, 1.54) is 24.1 Å². The standard InChI is InChI=1S/C25H19F3N2O4/c1-34-22(31)13-15-4-2-5-17(12-15)29-23(32)19-6-3-7-20-21(19)14-30(24(20)33)18-10-8-16(9-11-18)25(26,27)28/h2-12H,13-14H2,1H3,(H,29,32). The lowest BCUT2D eigenvalue weighted by atomic mass is 10.0. The fourth-order valence-electron chi connectivity index (χ4n) is 3.78. The molecule has 3 aromatic rings. The zero-order valence-corrected chi connectivity index (χ0v) is 18.0. The minimum Gasteiger partial charge on any atom is -0.469 e. The molecule has 0 fully saturated rings. The molecule has 34 heavy (non-hydrogen) atoms. The van der Waals surface area contributed by atoms with E-state index in [0.717, 1.165) is 12.1 Å². The Kier molecular flexibility index (Phi) is 6.10. The van der Waals surface area contributed by atoms with Crippen LogP contribution in [0.25, 0.3) is 0 Å². The lowest BCUT2D eigenvalue weighted by Crippen LogP contribution is -2.23. The van der Waals surface area contributed by atoms with Crippen LogP contribution in [0.2, 0.25) is 0 Å². The minimum atomic E-state index is -4.48. The number of carbonyl (C=O) groups is 3. The average molecular weight is 468 g/mol. The van der Waals surface area contributed by atoms with Crippen molar-refractivity contribution in [3.63, 3.8) is 0 Å². The Balaban J connectivity index is 1.56. The summed E-state index contributed by atoms with van der Waals surface area (Å²) in [6, 6.07) is 15.8. The molecule has 9 heteroatoms. The summed E-state index contributed by atoms with van der Waals surface area (Å²) in [5.41, 5.74) is 1.69. The molecule has 1 N–H and O–H groups in total. The molecule has 0 aliphatic carbocycles. The lowest BCUT2D eigenvalue weighted by molar-refractivity contribution is -0.140. The van der Waals surface area contributed by atoms with E-state index in [2.05, 4.69) is 10.1 Å². The molecule has 2 amide bonds. The minimum absolute atomic E-state index is 0.0471. The highest BCUT2D eigenvalue weighted by Gasteiger charge is 2.33. The first-order valence-electron chi connectivity index (χ1n) is 10.3. The summed E-state index contributed by atoms with van der Waals surface area (Å²) in [6.45, 7) is 0.0471. The molecular formula is C25H19F3N2O4. The van der Waals surface area contributed by atoms with E-state index in [0.29, 0.717) is 28.1 Å². The first kappa shape index (κ1) is 23.0. The first-order chi connectivity index (χ1) is 16.2. The van der Waals surface area contributed by atoms with E-state index in [-0.39, 0.29) is 18.5 Å². The van der Waals surface area contributed by atoms with Gasteiger partial charge >= 0.3 is 12.1 Å². The number of halogens is 3. The van der Waals surface area contributed by atoms with Gasteiger partial charge < -0.3 is 15.0 Å². The summed E-state index contributed by atoms with van der Waals surface area (Å²) in [5.74, 6) is -1.26. The largest absolute Gasteiger partial charge is 0.469 e. The first-order valence-corrected chi connectivity index (χ1v) is 10.3. The number of carbonyl (C=O) groups excluding carboxylic acids is 3. The van der Waals surface area contributed by atoms with Crippen LogP contribution in [0.5, 0.6) is 0 Å². The Morgan fingerprint density at radius 1 is 1.03 bits per heavy atom. The highest BCUT2D eigenvalue weighted by Crippen LogP contribution is 2.34. The number of rotatable bonds is 5. The number of fused-ring (bicyclic) bond motifs is 1. The third-order valence-corrected chi connectivity index (χ3v) is 5.48. The second kappa shape index (κ2) is 9.01. The molecule has 0 saturated heterocycles. The fraction of sp³-hybridized carbons (Fsp3) is 0.160. The van der Waals surface area contributed by atoms with Crippen LogP contribution in [0.3, 0.4) is 0 Å². The molecule has 0 aromatic heterocycles. The second-order valence-electron chi connectivity index (χ2n) is 7.68. The third-order valence-electron chi connectivity index (χ3n) is 5.48. The molecule has 0 bridgehead atoms. The van der Waals surface area contributed by atoms with Gasteiger partial charge in [0.25, 0.3) is 11.8 Å². The molecule has 1 aliphatic heterocycles. The molecular weight excluding hydrogens is 449 g/mol. The van der Waals surface area contributed by atoms with Crippen molar-refractivity contribution in [2.24, 2.45) is 0 Å². The molecule has 0 radical (unpaired) electrons. The number of methoxy groups -OCH3 is 1. The van der Waals surface area contributed by atoms with Gasteiger partial charge in [-0.2, -0.15) is 13.2 Å². The highest BCUT2D eigenvalue weighted by atomic mass is 19.4. The smallest absolute Gasteiger partial charge is 0.416 e. The summed E-state index contributed by atoms with van der Waals surface area (Å²) in [5, 5.41) is 2.77. The van der Waals surface area contributed by atoms with Crippen molar-refractivity contribution in [3.05, 3.63) is 94.5 Å². The van der Waals surface area contributed by atoms with Gasteiger partial charge in [-0.1, -0.05) is 18.2 Å². The summed E-state index contributed by atoms with van der Waals surface area (Å²) in [7, 11) is 1.29. The summed E-state index contributed by atoms with van der Waals surface area (Å²) in [6.07, 6.45) is -4.42. The normalized spacial score (nSPS) is 12.9. The zero-order valence-electron chi connectivity index (χ0n) is 18.0. The van der Waals surface area contributed by atoms with Gasteiger partial charge in [0.05, 0.1) is 25.6 Å². The van der Waals surface area contributed by atoms with Gasteiger partial charge in [-0.3, -0.25) is 14.4 Å². The second-order valence-corrected chi connectivity index (χ2v) is 7.68. The van der Waals surface area contributed by atoms with E-state index in [4.69, 9.17) is 0 Å². The van der Waals surface area contributed by atoms with Crippen LogP contribution in [-0.2, 0) is 28.7 Å². The maximum atomic E-state index is 13.0. The number of hydrogen-bond acceptors (Lipinski definition) is 4. The van der Waals surface area contributed by atoms with E-state index < -0.39 is 29.5 Å². The van der Waals surface area contributed by atoms with Gasteiger partial charge in [-0.05, 0) is 59.7 Å². The van der Waals surface area contributed by atoms with Crippen molar-refractivity contribution < 1.29 is 32.3 Å². The quantitative estimate of drug-likeness (QED) is 0.544. The number of esters is 1. The Hall–Kier alpha value is -4.14. The van der Waals surface area contributed by atoms with E-state index >= 15 is 0 Å². The van der Waals surface area contributed by atoms with Crippen LogP contribution in [0, 0.1) is 0 Å². The summed E-state index contributed by atoms with van der Waals surface area (Å²) < 4.78 is 43.3. The predicted octanol–water partition coefficient (Wildman–Crippen LogP) is 4.83. The summed E-state index contributed by atoms with van der Waals surface area (Å²) >= 11 is 0. The highest BCUT2D eigenvalue weighted by molar-refractivity contribution is 6.14. The van der Waals surface area contributed by atoms with E-state index in [1.807, 2.05) is 0 Å². The number of nitrogens with one attached hydrogen (secondary N) is 1. The van der Waals surface area contributed by atoms with Crippen molar-refractivity contribution in [3.8, 4) is 0 Å². The topological polar surface area (TPSA) is 75.7 Å². The number of alkyl halides is 3. The van der Waals surface area contributed by atoms with Gasteiger partial charge in [-0.15, -0.1) is 0 Å². The van der Waals surface area contributed by atoms with Crippen molar-refractivity contribution in [2.75, 3.05) is 17.3 Å². The zero-order chi connectivity index (χ0) is 24.5. The molecule has 6 nitrogen and oxygen atoms in total. The van der Waals surface area contributed by atoms with Gasteiger partial charge in [0.1, 0.15) is 0 Å². The molecule has 1 aliphatic rings. The number of amides is 2. The van der Waals surface area contributed by atoms with Gasteiger partial charge in [0.2, 0.25) is 0 Å². The van der Waals surface area contributed by atoms with Gasteiger partial charge in [0, 0.05) is 22.5 Å². The number of benzene rings is 3. The maximum absolute atomic E-state index is 13.0. The monoisotopic (exact) mass is 468 g/mol. The van der Waals surface area contributed by atoms with E-state index in [1.54, 1.807) is 42.5 Å². The van der Waals surface area contributed by atoms with Crippen LogP contribution in [0.15, 0.2) is 66.7 Å². The van der Waals surface area contributed by atoms with Crippen LogP contribution in [0.4, 0.5) is 24.5 Å². The van der Waals surface area contributed by atoms with Crippen LogP contribution in [0.1, 0.15) is 37.4 Å². The number of anilines is 2. The molecule has 0 atom stereocenters. The SMILES string of the molecule is COC(=O)Cc1cccc(NC(=O)c2cccc3c2CN(c2ccc(C(F)(F)F)cc2)C3=O)c1. The van der Waals surface area contributed by atoms with Crippen molar-refractivity contribution in [2.45, 2.75) is 19.1 Å². The van der Waals surface area contributed by atoms with Crippen molar-refractivity contribution >= 4 is 29.2 Å². The van der Waals surface area contributed by atoms with Crippen LogP contribution >= 0.6 is 0 Å². The lowest BCUT2D eigenvalue weighted by Gasteiger charge is -2.17. The Labute approximate surface area is 192 Å². The molecule has 0 saturated carbocycles. The molecule has 3 aromatic carbocycles. The molecule has 174 valence electrons. The average Bonchev–Trinajstić information content (AvgIpc) is 3.15. The Bertz CT molecular complexity index is 1270. The summed E-state index contributed by atoms with van der Waals surface area (Å²) in [4.78, 5) is 38.8. The third kappa shape index (κ3) is 4.63. The van der Waals surface area contributed by atoms with Crippen molar-refractivity contribution in [1.82, 2.24) is 0 Å². The van der Waals surface area contributed by atoms with Gasteiger partial charge in [-0.25, -0.2) is 0 Å². The predicted molar refractivity (Wildman–Crippen MR) is 119 cm³/mol. The maximum Gasteiger partial charge on any atom is 0.416 e. The molecule has 1 heterocycles. The number of ether oxygens (including phenoxy) is 1. The molecule has 0 unspecified atom stereocenters.